The van der Waals surface area contributed by atoms with Crippen molar-refractivity contribution in [2.75, 3.05) is 13.6 Å². The number of hydrogen-bond acceptors (Lipinski definition) is 3. The standard InChI is InChI=1S/C12H24N6/c1-5-6-7-8-14-12(13-3)15-9-11-17-16-10(2)18(11)4/h5-9H2,1-4H3,(H2,13,14,15). The normalized spacial score (nSPS) is 11.7. The Kier molecular flexibility index (Phi) is 6.18. The molecule has 0 atom stereocenters. The number of rotatable bonds is 6. The highest BCUT2D eigenvalue weighted by Crippen LogP contribution is 1.96. The summed E-state index contributed by atoms with van der Waals surface area (Å²) >= 11 is 0. The maximum Gasteiger partial charge on any atom is 0.191 e. The van der Waals surface area contributed by atoms with E-state index in [2.05, 4.69) is 32.7 Å². The lowest BCUT2D eigenvalue weighted by molar-refractivity contribution is 0.673. The molecular weight excluding hydrogens is 228 g/mol. The zero-order valence-corrected chi connectivity index (χ0v) is 11.8. The van der Waals surface area contributed by atoms with Gasteiger partial charge < -0.3 is 15.2 Å². The summed E-state index contributed by atoms with van der Waals surface area (Å²) in [4.78, 5) is 4.17. The lowest BCUT2D eigenvalue weighted by Gasteiger charge is -2.11. The van der Waals surface area contributed by atoms with Crippen LogP contribution >= 0.6 is 0 Å². The second-order valence-corrected chi connectivity index (χ2v) is 4.28. The molecule has 0 saturated carbocycles. The van der Waals surface area contributed by atoms with Gasteiger partial charge in [0.1, 0.15) is 5.82 Å². The zero-order valence-electron chi connectivity index (χ0n) is 11.8. The summed E-state index contributed by atoms with van der Waals surface area (Å²) in [5.74, 6) is 2.63. The van der Waals surface area contributed by atoms with E-state index in [0.29, 0.717) is 6.54 Å². The summed E-state index contributed by atoms with van der Waals surface area (Å²) in [5.41, 5.74) is 0. The van der Waals surface area contributed by atoms with Gasteiger partial charge in [0.05, 0.1) is 6.54 Å². The van der Waals surface area contributed by atoms with E-state index >= 15 is 0 Å². The van der Waals surface area contributed by atoms with Gasteiger partial charge >= 0.3 is 0 Å². The molecule has 0 aliphatic carbocycles. The third-order valence-electron chi connectivity index (χ3n) is 2.89. The van der Waals surface area contributed by atoms with Crippen LogP contribution in [0.4, 0.5) is 0 Å². The van der Waals surface area contributed by atoms with Crippen LogP contribution < -0.4 is 10.6 Å². The van der Waals surface area contributed by atoms with Gasteiger partial charge in [-0.25, -0.2) is 0 Å². The Balaban J connectivity index is 2.34. The Morgan fingerprint density at radius 1 is 1.28 bits per heavy atom. The molecule has 18 heavy (non-hydrogen) atoms. The lowest BCUT2D eigenvalue weighted by Crippen LogP contribution is -2.37. The molecular formula is C12H24N6. The van der Waals surface area contributed by atoms with Gasteiger partial charge in [-0.1, -0.05) is 19.8 Å². The van der Waals surface area contributed by atoms with Gasteiger partial charge in [-0.3, -0.25) is 4.99 Å². The summed E-state index contributed by atoms with van der Waals surface area (Å²) in [7, 11) is 3.74. The van der Waals surface area contributed by atoms with Crippen molar-refractivity contribution in [1.29, 1.82) is 0 Å². The molecule has 0 saturated heterocycles. The molecule has 1 aromatic rings. The van der Waals surface area contributed by atoms with Crippen molar-refractivity contribution in [3.63, 3.8) is 0 Å². The van der Waals surface area contributed by atoms with Gasteiger partial charge in [0.2, 0.25) is 0 Å². The molecule has 0 radical (unpaired) electrons. The monoisotopic (exact) mass is 252 g/mol. The molecule has 1 heterocycles. The fourth-order valence-electron chi connectivity index (χ4n) is 1.57. The van der Waals surface area contributed by atoms with Crippen molar-refractivity contribution in [2.45, 2.75) is 39.7 Å². The molecule has 6 heteroatoms. The SMILES string of the molecule is CCCCCNC(=NC)NCc1nnc(C)n1C. The van der Waals surface area contributed by atoms with Gasteiger partial charge in [0.25, 0.3) is 0 Å². The predicted octanol–water partition coefficient (Wildman–Crippen LogP) is 0.979. The van der Waals surface area contributed by atoms with E-state index < -0.39 is 0 Å². The van der Waals surface area contributed by atoms with Crippen molar-refractivity contribution in [2.24, 2.45) is 12.0 Å². The summed E-state index contributed by atoms with van der Waals surface area (Å²) < 4.78 is 1.97. The van der Waals surface area contributed by atoms with Crippen LogP contribution in [-0.2, 0) is 13.6 Å². The fourth-order valence-corrected chi connectivity index (χ4v) is 1.57. The first-order chi connectivity index (χ1) is 8.69. The first-order valence-corrected chi connectivity index (χ1v) is 6.48. The molecule has 0 unspecified atom stereocenters. The van der Waals surface area contributed by atoms with E-state index in [0.717, 1.165) is 24.2 Å². The van der Waals surface area contributed by atoms with Crippen LogP contribution in [0, 0.1) is 6.92 Å². The quantitative estimate of drug-likeness (QED) is 0.450. The molecule has 0 aromatic carbocycles. The fraction of sp³-hybridized carbons (Fsp3) is 0.750. The Labute approximate surface area is 109 Å². The third kappa shape index (κ3) is 4.35. The summed E-state index contributed by atoms with van der Waals surface area (Å²) in [6, 6.07) is 0. The molecule has 0 amide bonds. The van der Waals surface area contributed by atoms with Crippen LogP contribution in [0.1, 0.15) is 37.8 Å². The minimum Gasteiger partial charge on any atom is -0.356 e. The van der Waals surface area contributed by atoms with E-state index in [9.17, 15) is 0 Å². The topological polar surface area (TPSA) is 67.1 Å². The smallest absolute Gasteiger partial charge is 0.191 e. The Morgan fingerprint density at radius 3 is 2.61 bits per heavy atom. The van der Waals surface area contributed by atoms with E-state index in [1.54, 1.807) is 7.05 Å². The first-order valence-electron chi connectivity index (χ1n) is 6.48. The number of aryl methyl sites for hydroxylation is 1. The van der Waals surface area contributed by atoms with Crippen LogP contribution in [0.5, 0.6) is 0 Å². The molecule has 2 N–H and O–H groups in total. The van der Waals surface area contributed by atoms with Gasteiger partial charge in [0.15, 0.2) is 11.8 Å². The maximum atomic E-state index is 4.17. The first kappa shape index (κ1) is 14.5. The highest BCUT2D eigenvalue weighted by Gasteiger charge is 2.05. The van der Waals surface area contributed by atoms with Crippen LogP contribution in [0.25, 0.3) is 0 Å². The lowest BCUT2D eigenvalue weighted by atomic mass is 10.2. The highest BCUT2D eigenvalue weighted by molar-refractivity contribution is 5.79. The zero-order chi connectivity index (χ0) is 13.4. The van der Waals surface area contributed by atoms with Crippen LogP contribution in [0.2, 0.25) is 0 Å². The average molecular weight is 252 g/mol. The Morgan fingerprint density at radius 2 is 2.06 bits per heavy atom. The van der Waals surface area contributed by atoms with Crippen molar-refractivity contribution in [3.8, 4) is 0 Å². The molecule has 0 bridgehead atoms. The number of unbranched alkanes of at least 4 members (excludes halogenated alkanes) is 2. The minimum atomic E-state index is 0.630. The molecule has 1 aromatic heterocycles. The summed E-state index contributed by atoms with van der Waals surface area (Å²) in [5, 5.41) is 14.6. The number of aliphatic imine (C=N–C) groups is 1. The van der Waals surface area contributed by atoms with E-state index in [-0.39, 0.29) is 0 Å². The predicted molar refractivity (Wildman–Crippen MR) is 73.5 cm³/mol. The second-order valence-electron chi connectivity index (χ2n) is 4.28. The number of hydrogen-bond donors (Lipinski definition) is 2. The minimum absolute atomic E-state index is 0.630. The molecule has 0 aliphatic heterocycles. The third-order valence-corrected chi connectivity index (χ3v) is 2.89. The number of nitrogens with one attached hydrogen (secondary N) is 2. The van der Waals surface area contributed by atoms with E-state index in [1.165, 1.54) is 19.3 Å². The summed E-state index contributed by atoms with van der Waals surface area (Å²) in [6.07, 6.45) is 3.64. The van der Waals surface area contributed by atoms with Crippen LogP contribution in [0.15, 0.2) is 4.99 Å². The molecule has 6 nitrogen and oxygen atoms in total. The largest absolute Gasteiger partial charge is 0.356 e. The van der Waals surface area contributed by atoms with Gasteiger partial charge in [-0.15, -0.1) is 10.2 Å². The van der Waals surface area contributed by atoms with Gasteiger partial charge in [-0.05, 0) is 13.3 Å². The Hall–Kier alpha value is -1.59. The average Bonchev–Trinajstić information content (AvgIpc) is 2.69. The second kappa shape index (κ2) is 7.68. The van der Waals surface area contributed by atoms with Gasteiger partial charge in [0, 0.05) is 20.6 Å². The van der Waals surface area contributed by atoms with Crippen LogP contribution in [0.3, 0.4) is 0 Å². The highest BCUT2D eigenvalue weighted by atomic mass is 15.3. The van der Waals surface area contributed by atoms with Crippen molar-refractivity contribution >= 4 is 5.96 Å². The van der Waals surface area contributed by atoms with E-state index in [1.807, 2.05) is 18.5 Å². The number of nitrogens with zero attached hydrogens (tertiary/aromatic N) is 4. The number of guanidine groups is 1. The molecule has 1 rings (SSSR count). The molecule has 102 valence electrons. The number of aromatic nitrogens is 3. The Bertz CT molecular complexity index is 382. The molecule has 0 aliphatic rings. The maximum absolute atomic E-state index is 4.17. The van der Waals surface area contributed by atoms with E-state index in [4.69, 9.17) is 0 Å². The van der Waals surface area contributed by atoms with Crippen molar-refractivity contribution < 1.29 is 0 Å². The molecule has 0 fully saturated rings. The van der Waals surface area contributed by atoms with Crippen LogP contribution in [-0.4, -0.2) is 34.3 Å². The molecule has 0 spiro atoms. The van der Waals surface area contributed by atoms with Crippen molar-refractivity contribution in [3.05, 3.63) is 11.6 Å². The van der Waals surface area contributed by atoms with Crippen molar-refractivity contribution in [1.82, 2.24) is 25.4 Å². The van der Waals surface area contributed by atoms with Gasteiger partial charge in [-0.2, -0.15) is 0 Å². The summed E-state index contributed by atoms with van der Waals surface area (Å²) in [6.45, 7) is 5.72.